The van der Waals surface area contributed by atoms with E-state index in [1.165, 1.54) is 4.52 Å². The molecule has 0 aliphatic heterocycles. The van der Waals surface area contributed by atoms with Crippen molar-refractivity contribution in [1.29, 1.82) is 0 Å². The molecule has 0 radical (unpaired) electrons. The summed E-state index contributed by atoms with van der Waals surface area (Å²) in [4.78, 5) is 20.0. The fraction of sp³-hybridized carbons (Fsp3) is 0.333. The van der Waals surface area contributed by atoms with Gasteiger partial charge in [-0.3, -0.25) is 4.79 Å². The van der Waals surface area contributed by atoms with Gasteiger partial charge in [-0.05, 0) is 24.6 Å². The number of amides is 1. The van der Waals surface area contributed by atoms with Crippen molar-refractivity contribution in [2.45, 2.75) is 33.9 Å². The van der Waals surface area contributed by atoms with Gasteiger partial charge < -0.3 is 5.32 Å². The van der Waals surface area contributed by atoms with Crippen LogP contribution in [-0.2, 0) is 11.0 Å². The molecule has 3 aromatic heterocycles. The lowest BCUT2D eigenvalue weighted by molar-refractivity contribution is -0.137. The van der Waals surface area contributed by atoms with Crippen molar-refractivity contribution in [2.24, 2.45) is 5.41 Å². The normalized spacial score (nSPS) is 12.4. The van der Waals surface area contributed by atoms with Gasteiger partial charge in [0.15, 0.2) is 11.0 Å². The van der Waals surface area contributed by atoms with E-state index >= 15 is 0 Å². The van der Waals surface area contributed by atoms with Gasteiger partial charge in [0, 0.05) is 17.8 Å². The Balaban J connectivity index is 2.12. The van der Waals surface area contributed by atoms with Crippen molar-refractivity contribution in [1.82, 2.24) is 19.6 Å². The lowest BCUT2D eigenvalue weighted by Crippen LogP contribution is -2.28. The van der Waals surface area contributed by atoms with Gasteiger partial charge in [-0.25, -0.2) is 14.5 Å². The highest BCUT2D eigenvalue weighted by Crippen LogP contribution is 2.37. The zero-order valence-electron chi connectivity index (χ0n) is 15.5. The van der Waals surface area contributed by atoms with E-state index in [-0.39, 0.29) is 22.4 Å². The highest BCUT2D eigenvalue weighted by molar-refractivity contribution is 6.32. The Morgan fingerprint density at radius 2 is 1.89 bits per heavy atom. The van der Waals surface area contributed by atoms with E-state index in [0.29, 0.717) is 5.52 Å². The molecule has 148 valence electrons. The molecule has 0 fully saturated rings. The number of carbonyl (C=O) groups excluding carboxylic acids is 1. The molecule has 0 saturated heterocycles. The maximum atomic E-state index is 13.7. The first-order valence-electron chi connectivity index (χ1n) is 8.28. The number of rotatable bonds is 2. The molecular formula is C18H17ClF3N5O. The Morgan fingerprint density at radius 1 is 1.21 bits per heavy atom. The van der Waals surface area contributed by atoms with E-state index in [0.717, 1.165) is 17.8 Å². The number of carbonyl (C=O) groups is 1. The van der Waals surface area contributed by atoms with Crippen LogP contribution >= 0.6 is 11.6 Å². The topological polar surface area (TPSA) is 72.2 Å². The molecule has 3 rings (SSSR count). The average Bonchev–Trinajstić information content (AvgIpc) is 2.94. The third-order valence-corrected chi connectivity index (χ3v) is 4.21. The van der Waals surface area contributed by atoms with Crippen LogP contribution in [0, 0.1) is 12.3 Å². The summed E-state index contributed by atoms with van der Waals surface area (Å²) >= 11 is 6.11. The number of aromatic nitrogens is 4. The fourth-order valence-corrected chi connectivity index (χ4v) is 2.67. The molecule has 0 aliphatic carbocycles. The van der Waals surface area contributed by atoms with Gasteiger partial charge in [-0.15, -0.1) is 5.10 Å². The number of alkyl halides is 3. The van der Waals surface area contributed by atoms with E-state index in [1.807, 2.05) is 0 Å². The monoisotopic (exact) mass is 411 g/mol. The van der Waals surface area contributed by atoms with Crippen molar-refractivity contribution < 1.29 is 18.0 Å². The minimum Gasteiger partial charge on any atom is -0.310 e. The number of hydrogen-bond acceptors (Lipinski definition) is 4. The molecule has 0 saturated carbocycles. The number of pyridine rings is 1. The van der Waals surface area contributed by atoms with Crippen LogP contribution in [-0.4, -0.2) is 25.5 Å². The highest BCUT2D eigenvalue weighted by Gasteiger charge is 2.36. The SMILES string of the molecule is Cc1cc2c(Cl)nc(-c3cnc(NC(=O)C(C)(C)C)cc3C(F)(F)F)nn2c1. The summed E-state index contributed by atoms with van der Waals surface area (Å²) in [5, 5.41) is 6.54. The van der Waals surface area contributed by atoms with Gasteiger partial charge >= 0.3 is 6.18 Å². The second-order valence-electron chi connectivity index (χ2n) is 7.39. The molecular weight excluding hydrogens is 395 g/mol. The summed E-state index contributed by atoms with van der Waals surface area (Å²) < 4.78 is 42.4. The van der Waals surface area contributed by atoms with Crippen LogP contribution in [0.5, 0.6) is 0 Å². The van der Waals surface area contributed by atoms with E-state index in [1.54, 1.807) is 40.0 Å². The van der Waals surface area contributed by atoms with Gasteiger partial charge in [0.25, 0.3) is 0 Å². The number of hydrogen-bond donors (Lipinski definition) is 1. The number of nitrogens with zero attached hydrogens (tertiary/aromatic N) is 4. The molecule has 0 aromatic carbocycles. The number of nitrogens with one attached hydrogen (secondary N) is 1. The molecule has 0 bridgehead atoms. The molecule has 10 heteroatoms. The van der Waals surface area contributed by atoms with Gasteiger partial charge in [0.05, 0.1) is 11.1 Å². The third-order valence-electron chi connectivity index (χ3n) is 3.93. The van der Waals surface area contributed by atoms with Crippen molar-refractivity contribution in [3.05, 3.63) is 40.8 Å². The first-order valence-corrected chi connectivity index (χ1v) is 8.65. The Labute approximate surface area is 163 Å². The highest BCUT2D eigenvalue weighted by atomic mass is 35.5. The van der Waals surface area contributed by atoms with Gasteiger partial charge in [0.1, 0.15) is 11.3 Å². The van der Waals surface area contributed by atoms with Crippen molar-refractivity contribution in [3.63, 3.8) is 0 Å². The van der Waals surface area contributed by atoms with Crippen molar-refractivity contribution in [2.75, 3.05) is 5.32 Å². The van der Waals surface area contributed by atoms with Crippen LogP contribution < -0.4 is 5.32 Å². The predicted octanol–water partition coefficient (Wildman–Crippen LogP) is 4.76. The number of fused-ring (bicyclic) bond motifs is 1. The van der Waals surface area contributed by atoms with Gasteiger partial charge in [0.2, 0.25) is 5.91 Å². The van der Waals surface area contributed by atoms with Crippen LogP contribution in [0.25, 0.3) is 16.9 Å². The molecule has 0 spiro atoms. The van der Waals surface area contributed by atoms with E-state index in [2.05, 4.69) is 20.4 Å². The smallest absolute Gasteiger partial charge is 0.310 e. The standard InChI is InChI=1S/C18H17ClF3N5O/c1-9-5-12-14(19)25-15(26-27(12)8-9)10-7-23-13(6-11(10)18(20,21)22)24-16(28)17(2,3)4/h5-8H,1-4H3,(H,23,24,28). The molecule has 3 aromatic rings. The fourth-order valence-electron chi connectivity index (χ4n) is 2.45. The van der Waals surface area contributed by atoms with Gasteiger partial charge in [-0.2, -0.15) is 13.2 Å². The lowest BCUT2D eigenvalue weighted by Gasteiger charge is -2.18. The number of anilines is 1. The Morgan fingerprint density at radius 3 is 2.50 bits per heavy atom. The molecule has 0 unspecified atom stereocenters. The van der Waals surface area contributed by atoms with Crippen LogP contribution in [0.1, 0.15) is 31.9 Å². The van der Waals surface area contributed by atoms with Crippen molar-refractivity contribution in [3.8, 4) is 11.4 Å². The Hall–Kier alpha value is -2.68. The number of halogens is 4. The maximum Gasteiger partial charge on any atom is 0.417 e. The van der Waals surface area contributed by atoms with Crippen LogP contribution in [0.3, 0.4) is 0 Å². The summed E-state index contributed by atoms with van der Waals surface area (Å²) in [6.45, 7) is 6.74. The summed E-state index contributed by atoms with van der Waals surface area (Å²) in [7, 11) is 0. The molecule has 3 heterocycles. The van der Waals surface area contributed by atoms with Crippen LogP contribution in [0.2, 0.25) is 5.15 Å². The quantitative estimate of drug-likeness (QED) is 0.660. The number of aryl methyl sites for hydroxylation is 1. The lowest BCUT2D eigenvalue weighted by atomic mass is 9.96. The minimum atomic E-state index is -4.71. The summed E-state index contributed by atoms with van der Waals surface area (Å²) in [6.07, 6.45) is -2.10. The Bertz CT molecular complexity index is 1070. The summed E-state index contributed by atoms with van der Waals surface area (Å²) in [5.41, 5.74) is -0.823. The minimum absolute atomic E-state index is 0.0244. The molecule has 0 atom stereocenters. The van der Waals surface area contributed by atoms with Crippen LogP contribution in [0.15, 0.2) is 24.5 Å². The zero-order chi connectivity index (χ0) is 20.9. The molecule has 6 nitrogen and oxygen atoms in total. The van der Waals surface area contributed by atoms with E-state index < -0.39 is 23.1 Å². The van der Waals surface area contributed by atoms with E-state index in [4.69, 9.17) is 11.6 Å². The van der Waals surface area contributed by atoms with Gasteiger partial charge in [-0.1, -0.05) is 32.4 Å². The van der Waals surface area contributed by atoms with E-state index in [9.17, 15) is 18.0 Å². The summed E-state index contributed by atoms with van der Waals surface area (Å²) in [5.74, 6) is -0.883. The maximum absolute atomic E-state index is 13.7. The summed E-state index contributed by atoms with van der Waals surface area (Å²) in [6, 6.07) is 2.49. The zero-order valence-corrected chi connectivity index (χ0v) is 16.3. The third kappa shape index (κ3) is 3.94. The molecule has 1 N–H and O–H groups in total. The first-order chi connectivity index (χ1) is 12.9. The first kappa shape index (κ1) is 20.1. The predicted molar refractivity (Wildman–Crippen MR) is 99.1 cm³/mol. The molecule has 0 aliphatic rings. The molecule has 28 heavy (non-hydrogen) atoms. The average molecular weight is 412 g/mol. The second kappa shape index (κ2) is 6.73. The second-order valence-corrected chi connectivity index (χ2v) is 7.75. The largest absolute Gasteiger partial charge is 0.417 e. The Kier molecular flexibility index (Phi) is 4.82. The van der Waals surface area contributed by atoms with Crippen molar-refractivity contribution >= 4 is 28.8 Å². The molecule has 1 amide bonds. The van der Waals surface area contributed by atoms with Crippen LogP contribution in [0.4, 0.5) is 19.0 Å².